The van der Waals surface area contributed by atoms with Crippen LogP contribution < -0.4 is 0 Å². The van der Waals surface area contributed by atoms with Gasteiger partial charge in [-0.05, 0) is 27.1 Å². The number of aliphatic hydroxyl groups is 1. The molecule has 0 bridgehead atoms. The molecule has 0 aliphatic carbocycles. The molecule has 0 amide bonds. The van der Waals surface area contributed by atoms with Gasteiger partial charge in [-0.25, -0.2) is 0 Å². The first-order valence-electron chi connectivity index (χ1n) is 9.73. The van der Waals surface area contributed by atoms with Crippen LogP contribution in [0.25, 0.3) is 21.5 Å². The average Bonchev–Trinajstić information content (AvgIpc) is 2.78. The van der Waals surface area contributed by atoms with Crippen molar-refractivity contribution < 1.29 is 14.6 Å². The zero-order valence-corrected chi connectivity index (χ0v) is 15.7. The van der Waals surface area contributed by atoms with Gasteiger partial charge < -0.3 is 9.84 Å². The van der Waals surface area contributed by atoms with Crippen molar-refractivity contribution in [3.8, 4) is 0 Å². The van der Waals surface area contributed by atoms with Crippen LogP contribution in [-0.4, -0.2) is 10.9 Å². The van der Waals surface area contributed by atoms with Gasteiger partial charge in [0.25, 0.3) is 0 Å². The van der Waals surface area contributed by atoms with E-state index in [1.165, 1.54) is 12.3 Å². The number of hydrogen-bond acceptors (Lipinski definition) is 3. The molecule has 0 fully saturated rings. The van der Waals surface area contributed by atoms with Crippen molar-refractivity contribution in [2.24, 2.45) is 5.92 Å². The summed E-state index contributed by atoms with van der Waals surface area (Å²) >= 11 is 0. The highest BCUT2D eigenvalue weighted by atomic mass is 16.5. The Kier molecular flexibility index (Phi) is 4.38. The van der Waals surface area contributed by atoms with Crippen molar-refractivity contribution >= 4 is 27.3 Å². The smallest absolute Gasteiger partial charge is 0.168 e. The molecular weight excluding hydrogens is 360 g/mol. The van der Waals surface area contributed by atoms with Crippen LogP contribution >= 0.6 is 0 Å². The molecule has 0 unspecified atom stereocenters. The Morgan fingerprint density at radius 2 is 1.38 bits per heavy atom. The van der Waals surface area contributed by atoms with Crippen LogP contribution in [0.5, 0.6) is 0 Å². The predicted octanol–water partition coefficient (Wildman–Crippen LogP) is 5.50. The fourth-order valence-corrected chi connectivity index (χ4v) is 4.32. The van der Waals surface area contributed by atoms with E-state index < -0.39 is 18.1 Å². The monoisotopic (exact) mass is 380 g/mol. The summed E-state index contributed by atoms with van der Waals surface area (Å²) in [5.41, 5.74) is 1.65. The van der Waals surface area contributed by atoms with Gasteiger partial charge in [0.1, 0.15) is 6.10 Å². The molecule has 0 saturated heterocycles. The molecule has 0 saturated carbocycles. The first-order valence-corrected chi connectivity index (χ1v) is 9.73. The Balaban J connectivity index is 1.65. The average molecular weight is 380 g/mol. The van der Waals surface area contributed by atoms with Crippen molar-refractivity contribution in [3.63, 3.8) is 0 Å². The topological polar surface area (TPSA) is 46.5 Å². The van der Waals surface area contributed by atoms with Crippen LogP contribution in [0, 0.1) is 5.92 Å². The number of allylic oxidation sites excluding steroid dienone is 1. The summed E-state index contributed by atoms with van der Waals surface area (Å²) in [4.78, 5) is 12.9. The highest BCUT2D eigenvalue weighted by molar-refractivity contribution is 5.95. The number of carbonyl (C=O) groups excluding carboxylic acids is 1. The van der Waals surface area contributed by atoms with Crippen molar-refractivity contribution in [1.29, 1.82) is 0 Å². The predicted molar refractivity (Wildman–Crippen MR) is 114 cm³/mol. The normalized spacial score (nSPS) is 20.0. The second kappa shape index (κ2) is 7.19. The van der Waals surface area contributed by atoms with Gasteiger partial charge >= 0.3 is 0 Å². The maximum atomic E-state index is 12.9. The minimum absolute atomic E-state index is 0.130. The molecule has 29 heavy (non-hydrogen) atoms. The number of aliphatic hydroxyl groups excluding tert-OH is 1. The van der Waals surface area contributed by atoms with Gasteiger partial charge in [0.05, 0.1) is 18.3 Å². The molecule has 142 valence electrons. The molecule has 1 aliphatic rings. The summed E-state index contributed by atoms with van der Waals surface area (Å²) in [5.74, 6) is -0.855. The number of hydrogen-bond donors (Lipinski definition) is 1. The van der Waals surface area contributed by atoms with Crippen LogP contribution in [-0.2, 0) is 9.53 Å². The van der Waals surface area contributed by atoms with Crippen LogP contribution in [0.15, 0.2) is 97.3 Å². The van der Waals surface area contributed by atoms with Crippen LogP contribution in [0.3, 0.4) is 0 Å². The zero-order chi connectivity index (χ0) is 19.8. The van der Waals surface area contributed by atoms with E-state index in [1.807, 2.05) is 84.9 Å². The third-order valence-electron chi connectivity index (χ3n) is 5.72. The Bertz CT molecular complexity index is 1230. The van der Waals surface area contributed by atoms with E-state index in [0.717, 1.165) is 32.7 Å². The maximum Gasteiger partial charge on any atom is 0.168 e. The van der Waals surface area contributed by atoms with Crippen molar-refractivity contribution in [1.82, 2.24) is 0 Å². The maximum absolute atomic E-state index is 12.9. The van der Waals surface area contributed by atoms with Crippen LogP contribution in [0.1, 0.15) is 23.3 Å². The number of ether oxygens (including phenoxy) is 1. The van der Waals surface area contributed by atoms with Gasteiger partial charge in [-0.15, -0.1) is 0 Å². The van der Waals surface area contributed by atoms with E-state index >= 15 is 0 Å². The van der Waals surface area contributed by atoms with E-state index in [0.29, 0.717) is 0 Å². The fourth-order valence-electron chi connectivity index (χ4n) is 4.32. The van der Waals surface area contributed by atoms with E-state index in [-0.39, 0.29) is 5.78 Å². The van der Waals surface area contributed by atoms with Gasteiger partial charge in [-0.3, -0.25) is 4.79 Å². The lowest BCUT2D eigenvalue weighted by atomic mass is 9.81. The summed E-state index contributed by atoms with van der Waals surface area (Å²) in [6, 6.07) is 27.7. The molecule has 0 aromatic heterocycles. The van der Waals surface area contributed by atoms with Crippen LogP contribution in [0.4, 0.5) is 0 Å². The first-order chi connectivity index (χ1) is 14.2. The molecule has 4 aromatic carbocycles. The molecular formula is C26H20O3. The van der Waals surface area contributed by atoms with E-state index in [2.05, 4.69) is 0 Å². The van der Waals surface area contributed by atoms with E-state index in [4.69, 9.17) is 4.74 Å². The van der Waals surface area contributed by atoms with Gasteiger partial charge in [0, 0.05) is 11.6 Å². The minimum atomic E-state index is -0.984. The molecule has 0 radical (unpaired) electrons. The summed E-state index contributed by atoms with van der Waals surface area (Å²) in [7, 11) is 0. The Morgan fingerprint density at radius 3 is 2.17 bits per heavy atom. The van der Waals surface area contributed by atoms with Crippen molar-refractivity contribution in [2.75, 3.05) is 0 Å². The quantitative estimate of drug-likeness (QED) is 0.511. The Labute approximate surface area is 168 Å². The van der Waals surface area contributed by atoms with Crippen LogP contribution in [0.2, 0.25) is 0 Å². The third kappa shape index (κ3) is 3.00. The number of ketones is 1. The number of carbonyl (C=O) groups is 1. The molecule has 0 spiro atoms. The molecule has 4 aromatic rings. The number of rotatable bonds is 3. The summed E-state index contributed by atoms with van der Waals surface area (Å²) < 4.78 is 5.95. The summed E-state index contributed by atoms with van der Waals surface area (Å²) in [5, 5.41) is 15.5. The fraction of sp³-hybridized carbons (Fsp3) is 0.115. The molecule has 1 heterocycles. The standard InChI is InChI=1S/C26H20O3/c27-23-15-16-29-26(22-14-6-10-18-8-2-4-12-20(18)22)24(23)25(28)21-13-5-9-17-7-1-3-11-19(17)21/h1-16,24-26,28H/t24-,25-,26-/m0/s1. The number of benzene rings is 4. The lowest BCUT2D eigenvalue weighted by Crippen LogP contribution is -2.31. The second-order valence-electron chi connectivity index (χ2n) is 7.37. The third-order valence-corrected chi connectivity index (χ3v) is 5.72. The number of fused-ring (bicyclic) bond motifs is 2. The van der Waals surface area contributed by atoms with Gasteiger partial charge in [0.15, 0.2) is 5.78 Å². The largest absolute Gasteiger partial charge is 0.492 e. The van der Waals surface area contributed by atoms with Gasteiger partial charge in [-0.1, -0.05) is 84.9 Å². The SMILES string of the molecule is O=C1C=CO[C@@H](c2cccc3ccccc23)[C@@H]1[C@@H](O)c1cccc2ccccc12. The Hall–Kier alpha value is -3.43. The van der Waals surface area contributed by atoms with E-state index in [9.17, 15) is 9.90 Å². The van der Waals surface area contributed by atoms with Gasteiger partial charge in [-0.2, -0.15) is 0 Å². The summed E-state index contributed by atoms with van der Waals surface area (Å²) in [6.07, 6.45) is 1.32. The highest BCUT2D eigenvalue weighted by Gasteiger charge is 2.39. The molecule has 3 nitrogen and oxygen atoms in total. The van der Waals surface area contributed by atoms with Crippen molar-refractivity contribution in [3.05, 3.63) is 108 Å². The molecule has 3 heteroatoms. The van der Waals surface area contributed by atoms with Crippen molar-refractivity contribution in [2.45, 2.75) is 12.2 Å². The Morgan fingerprint density at radius 1 is 0.759 bits per heavy atom. The van der Waals surface area contributed by atoms with Gasteiger partial charge in [0.2, 0.25) is 0 Å². The first kappa shape index (κ1) is 17.7. The summed E-state index contributed by atoms with van der Waals surface area (Å²) in [6.45, 7) is 0. The lowest BCUT2D eigenvalue weighted by Gasteiger charge is -2.32. The molecule has 1 aliphatic heterocycles. The minimum Gasteiger partial charge on any atom is -0.492 e. The zero-order valence-electron chi connectivity index (χ0n) is 15.7. The lowest BCUT2D eigenvalue weighted by molar-refractivity contribution is -0.130. The highest BCUT2D eigenvalue weighted by Crippen LogP contribution is 2.42. The molecule has 1 N–H and O–H groups in total. The van der Waals surface area contributed by atoms with E-state index in [1.54, 1.807) is 0 Å². The molecule has 5 rings (SSSR count). The second-order valence-corrected chi connectivity index (χ2v) is 7.37. The molecule has 3 atom stereocenters.